The summed E-state index contributed by atoms with van der Waals surface area (Å²) in [6, 6.07) is 2.90. The van der Waals surface area contributed by atoms with E-state index >= 15 is 0 Å². The van der Waals surface area contributed by atoms with Crippen molar-refractivity contribution in [2.75, 3.05) is 6.26 Å². The molecule has 0 aliphatic heterocycles. The highest BCUT2D eigenvalue weighted by atomic mass is 79.9. The van der Waals surface area contributed by atoms with Crippen molar-refractivity contribution in [2.24, 2.45) is 5.73 Å². The van der Waals surface area contributed by atoms with Gasteiger partial charge in [-0.15, -0.1) is 0 Å². The molecule has 1 aromatic heterocycles. The summed E-state index contributed by atoms with van der Waals surface area (Å²) < 4.78 is 27.0. The van der Waals surface area contributed by atoms with Gasteiger partial charge in [-0.2, -0.15) is 0 Å². The molecule has 7 heteroatoms. The van der Waals surface area contributed by atoms with Crippen molar-refractivity contribution in [3.63, 3.8) is 0 Å². The van der Waals surface area contributed by atoms with Gasteiger partial charge in [-0.3, -0.25) is 0 Å². The van der Waals surface area contributed by atoms with Crippen molar-refractivity contribution in [2.45, 2.75) is 31.5 Å². The SMILES string of the molecule is CC.CSc1ncc(Br)c(C(N)Cc2cc(F)cc(F)c2)n1. The lowest BCUT2D eigenvalue weighted by Crippen LogP contribution is -2.16. The summed E-state index contributed by atoms with van der Waals surface area (Å²) in [5.41, 5.74) is 7.19. The second-order valence-electron chi connectivity index (χ2n) is 4.18. The zero-order chi connectivity index (χ0) is 16.7. The fourth-order valence-corrected chi connectivity index (χ4v) is 2.63. The van der Waals surface area contributed by atoms with E-state index < -0.39 is 17.7 Å². The Balaban J connectivity index is 0.00000116. The second kappa shape index (κ2) is 9.17. The van der Waals surface area contributed by atoms with E-state index in [1.807, 2.05) is 20.1 Å². The molecule has 0 aliphatic carbocycles. The maximum absolute atomic E-state index is 13.2. The molecule has 2 N–H and O–H groups in total. The topological polar surface area (TPSA) is 51.8 Å². The number of hydrogen-bond acceptors (Lipinski definition) is 4. The van der Waals surface area contributed by atoms with Crippen molar-refractivity contribution in [1.29, 1.82) is 0 Å². The van der Waals surface area contributed by atoms with E-state index in [2.05, 4.69) is 25.9 Å². The molecule has 0 aliphatic rings. The number of nitrogens with zero attached hydrogens (tertiary/aromatic N) is 2. The van der Waals surface area contributed by atoms with Gasteiger partial charge in [0.25, 0.3) is 0 Å². The van der Waals surface area contributed by atoms with Gasteiger partial charge in [0.05, 0.1) is 16.2 Å². The van der Waals surface area contributed by atoms with E-state index in [0.29, 0.717) is 20.9 Å². The molecule has 0 saturated carbocycles. The van der Waals surface area contributed by atoms with E-state index in [9.17, 15) is 8.78 Å². The third-order valence-corrected chi connectivity index (χ3v) is 3.83. The first kappa shape index (κ1) is 19.0. The van der Waals surface area contributed by atoms with Gasteiger partial charge in [0.15, 0.2) is 5.16 Å². The molecule has 120 valence electrons. The van der Waals surface area contributed by atoms with Crippen molar-refractivity contribution in [3.05, 3.63) is 51.8 Å². The maximum atomic E-state index is 13.2. The van der Waals surface area contributed by atoms with Crippen LogP contribution in [0, 0.1) is 11.6 Å². The summed E-state index contributed by atoms with van der Waals surface area (Å²) in [4.78, 5) is 8.43. The molecule has 0 amide bonds. The van der Waals surface area contributed by atoms with Gasteiger partial charge in [-0.05, 0) is 46.3 Å². The minimum absolute atomic E-state index is 0.290. The van der Waals surface area contributed by atoms with Crippen LogP contribution in [0.15, 0.2) is 34.0 Å². The lowest BCUT2D eigenvalue weighted by molar-refractivity contribution is 0.575. The highest BCUT2D eigenvalue weighted by Crippen LogP contribution is 2.24. The van der Waals surface area contributed by atoms with Crippen LogP contribution in [0.2, 0.25) is 0 Å². The quantitative estimate of drug-likeness (QED) is 0.617. The van der Waals surface area contributed by atoms with Crippen LogP contribution in [0.4, 0.5) is 8.78 Å². The first-order valence-electron chi connectivity index (χ1n) is 6.76. The molecule has 0 bridgehead atoms. The van der Waals surface area contributed by atoms with E-state index in [1.54, 1.807) is 6.20 Å². The van der Waals surface area contributed by atoms with Crippen molar-refractivity contribution in [3.8, 4) is 0 Å². The zero-order valence-corrected chi connectivity index (χ0v) is 15.0. The average molecular weight is 390 g/mol. The molecule has 0 spiro atoms. The molecular weight excluding hydrogens is 372 g/mol. The minimum atomic E-state index is -0.612. The van der Waals surface area contributed by atoms with Crippen LogP contribution in [0.1, 0.15) is 31.1 Å². The predicted molar refractivity (Wildman–Crippen MR) is 89.9 cm³/mol. The van der Waals surface area contributed by atoms with E-state index in [4.69, 9.17) is 5.73 Å². The average Bonchev–Trinajstić information content (AvgIpc) is 2.48. The van der Waals surface area contributed by atoms with E-state index in [1.165, 1.54) is 23.9 Å². The van der Waals surface area contributed by atoms with Crippen molar-refractivity contribution >= 4 is 27.7 Å². The van der Waals surface area contributed by atoms with Crippen LogP contribution >= 0.6 is 27.7 Å². The molecule has 1 unspecified atom stereocenters. The predicted octanol–water partition coefficient (Wildman–Crippen LogP) is 4.51. The summed E-state index contributed by atoms with van der Waals surface area (Å²) >= 11 is 4.74. The first-order chi connectivity index (χ1) is 10.5. The second-order valence-corrected chi connectivity index (χ2v) is 5.81. The molecule has 1 atom stereocenters. The molecule has 2 aromatic rings. The molecule has 3 nitrogen and oxygen atoms in total. The number of aromatic nitrogens is 2. The van der Waals surface area contributed by atoms with Crippen molar-refractivity contribution < 1.29 is 8.78 Å². The lowest BCUT2D eigenvalue weighted by atomic mass is 10.0. The molecule has 1 heterocycles. The molecule has 1 aromatic carbocycles. The Morgan fingerprint density at radius 2 is 1.82 bits per heavy atom. The smallest absolute Gasteiger partial charge is 0.187 e. The molecule has 0 saturated heterocycles. The molecule has 2 rings (SSSR count). The van der Waals surface area contributed by atoms with Crippen LogP contribution in [0.5, 0.6) is 0 Å². The zero-order valence-electron chi connectivity index (χ0n) is 12.6. The number of benzene rings is 1. The summed E-state index contributed by atoms with van der Waals surface area (Å²) in [5.74, 6) is -1.22. The Kier molecular flexibility index (Phi) is 7.92. The van der Waals surface area contributed by atoms with E-state index in [-0.39, 0.29) is 6.42 Å². The van der Waals surface area contributed by atoms with Gasteiger partial charge in [-0.1, -0.05) is 25.6 Å². The Morgan fingerprint density at radius 3 is 2.36 bits per heavy atom. The van der Waals surface area contributed by atoms with Crippen LogP contribution in [0.25, 0.3) is 0 Å². The summed E-state index contributed by atoms with van der Waals surface area (Å²) in [7, 11) is 0. The molecule has 0 radical (unpaired) electrons. The van der Waals surface area contributed by atoms with E-state index in [0.717, 1.165) is 6.07 Å². The minimum Gasteiger partial charge on any atom is -0.322 e. The van der Waals surface area contributed by atoms with Gasteiger partial charge in [0, 0.05) is 12.3 Å². The third kappa shape index (κ3) is 5.30. The standard InChI is InChI=1S/C13H12BrF2N3S.C2H6/c1-20-13-18-6-10(14)12(19-13)11(17)4-7-2-8(15)5-9(16)3-7;1-2/h2-3,5-6,11H,4,17H2,1H3;1-2H3. The lowest BCUT2D eigenvalue weighted by Gasteiger charge is -2.13. The number of hydrogen-bond donors (Lipinski definition) is 1. The highest BCUT2D eigenvalue weighted by Gasteiger charge is 2.15. The van der Waals surface area contributed by atoms with Crippen LogP contribution in [0.3, 0.4) is 0 Å². The molecular formula is C15H18BrF2N3S. The van der Waals surface area contributed by atoms with Crippen LogP contribution < -0.4 is 5.73 Å². The Labute approximate surface area is 141 Å². The molecule has 22 heavy (non-hydrogen) atoms. The third-order valence-electron chi connectivity index (χ3n) is 2.66. The van der Waals surface area contributed by atoms with Gasteiger partial charge < -0.3 is 5.73 Å². The first-order valence-corrected chi connectivity index (χ1v) is 8.78. The monoisotopic (exact) mass is 389 g/mol. The van der Waals surface area contributed by atoms with Crippen molar-refractivity contribution in [1.82, 2.24) is 9.97 Å². The van der Waals surface area contributed by atoms with Gasteiger partial charge in [0.2, 0.25) is 0 Å². The molecule has 0 fully saturated rings. The summed E-state index contributed by atoms with van der Waals surface area (Å²) in [6.45, 7) is 4.00. The Morgan fingerprint density at radius 1 is 1.23 bits per heavy atom. The maximum Gasteiger partial charge on any atom is 0.187 e. The number of halogens is 3. The number of rotatable bonds is 4. The van der Waals surface area contributed by atoms with Crippen LogP contribution in [-0.4, -0.2) is 16.2 Å². The van der Waals surface area contributed by atoms with Gasteiger partial charge >= 0.3 is 0 Å². The normalized spacial score (nSPS) is 11.6. The van der Waals surface area contributed by atoms with Crippen LogP contribution in [-0.2, 0) is 6.42 Å². The summed E-state index contributed by atoms with van der Waals surface area (Å²) in [6.07, 6.45) is 3.78. The summed E-state index contributed by atoms with van der Waals surface area (Å²) in [5, 5.41) is 0.601. The Hall–Kier alpha value is -1.05. The Bertz CT molecular complexity index is 605. The highest BCUT2D eigenvalue weighted by molar-refractivity contribution is 9.10. The van der Waals surface area contributed by atoms with Gasteiger partial charge in [-0.25, -0.2) is 18.7 Å². The fourth-order valence-electron chi connectivity index (χ4n) is 1.80. The number of nitrogens with two attached hydrogens (primary N) is 1. The van der Waals surface area contributed by atoms with Gasteiger partial charge in [0.1, 0.15) is 11.6 Å². The largest absolute Gasteiger partial charge is 0.322 e. The fraction of sp³-hybridized carbons (Fsp3) is 0.333. The number of thioether (sulfide) groups is 1.